The van der Waals surface area contributed by atoms with Crippen molar-refractivity contribution in [3.63, 3.8) is 0 Å². The van der Waals surface area contributed by atoms with Gasteiger partial charge in [-0.1, -0.05) is 13.8 Å². The first-order chi connectivity index (χ1) is 7.11. The van der Waals surface area contributed by atoms with E-state index >= 15 is 0 Å². The highest BCUT2D eigenvalue weighted by molar-refractivity contribution is 5.89. The molecular weight excluding hydrogens is 192 g/mol. The summed E-state index contributed by atoms with van der Waals surface area (Å²) in [6, 6.07) is 3.37. The first-order valence-corrected chi connectivity index (χ1v) is 4.97. The molecule has 1 heterocycles. The summed E-state index contributed by atoms with van der Waals surface area (Å²) < 4.78 is 0. The van der Waals surface area contributed by atoms with Gasteiger partial charge in [0.2, 0.25) is 5.91 Å². The van der Waals surface area contributed by atoms with Gasteiger partial charge in [0.25, 0.3) is 0 Å². The van der Waals surface area contributed by atoms with Gasteiger partial charge in [0.05, 0.1) is 6.61 Å². The largest absolute Gasteiger partial charge is 0.392 e. The Balaban J connectivity index is 2.60. The molecule has 0 aliphatic carbocycles. The van der Waals surface area contributed by atoms with E-state index in [0.717, 1.165) is 5.56 Å². The fourth-order valence-corrected chi connectivity index (χ4v) is 1.21. The zero-order valence-electron chi connectivity index (χ0n) is 9.03. The van der Waals surface area contributed by atoms with E-state index in [1.165, 1.54) is 0 Å². The number of hydrogen-bond acceptors (Lipinski definition) is 3. The number of carbonyl (C=O) groups excluding carboxylic acids is 1. The molecule has 4 heteroatoms. The number of carbonyl (C=O) groups is 1. The Labute approximate surface area is 89.3 Å². The van der Waals surface area contributed by atoms with Gasteiger partial charge in [-0.15, -0.1) is 0 Å². The Hall–Kier alpha value is -1.42. The minimum absolute atomic E-state index is 0.0461. The van der Waals surface area contributed by atoms with Crippen LogP contribution in [0.4, 0.5) is 5.82 Å². The zero-order valence-corrected chi connectivity index (χ0v) is 9.03. The molecule has 1 rings (SSSR count). The molecule has 4 nitrogen and oxygen atoms in total. The van der Waals surface area contributed by atoms with E-state index in [9.17, 15) is 4.79 Å². The summed E-state index contributed by atoms with van der Waals surface area (Å²) in [6.07, 6.45) is 2.04. The summed E-state index contributed by atoms with van der Waals surface area (Å²) in [5, 5.41) is 11.6. The lowest BCUT2D eigenvalue weighted by Crippen LogP contribution is -2.14. The maximum Gasteiger partial charge on any atom is 0.225 e. The highest BCUT2D eigenvalue weighted by Crippen LogP contribution is 2.08. The van der Waals surface area contributed by atoms with Crippen LogP contribution >= 0.6 is 0 Å². The second kappa shape index (κ2) is 5.46. The average Bonchev–Trinajstić information content (AvgIpc) is 2.16. The molecule has 0 saturated carbocycles. The SMILES string of the molecule is CC(C)CC(=O)Nc1cc(CO)ccn1. The highest BCUT2D eigenvalue weighted by atomic mass is 16.3. The number of aliphatic hydroxyl groups excluding tert-OH is 1. The van der Waals surface area contributed by atoms with E-state index in [4.69, 9.17) is 5.11 Å². The molecule has 1 aromatic heterocycles. The quantitative estimate of drug-likeness (QED) is 0.789. The van der Waals surface area contributed by atoms with Gasteiger partial charge in [-0.3, -0.25) is 4.79 Å². The van der Waals surface area contributed by atoms with Gasteiger partial charge in [-0.25, -0.2) is 4.98 Å². The minimum Gasteiger partial charge on any atom is -0.392 e. The molecule has 0 atom stereocenters. The molecule has 1 amide bonds. The summed E-state index contributed by atoms with van der Waals surface area (Å²) in [7, 11) is 0. The van der Waals surface area contributed by atoms with E-state index in [0.29, 0.717) is 18.2 Å². The second-order valence-corrected chi connectivity index (χ2v) is 3.85. The number of rotatable bonds is 4. The first-order valence-electron chi connectivity index (χ1n) is 4.97. The summed E-state index contributed by atoms with van der Waals surface area (Å²) in [6.45, 7) is 3.92. The molecular formula is C11H16N2O2. The lowest BCUT2D eigenvalue weighted by atomic mass is 10.1. The monoisotopic (exact) mass is 208 g/mol. The fraction of sp³-hybridized carbons (Fsp3) is 0.455. The molecule has 15 heavy (non-hydrogen) atoms. The molecule has 0 unspecified atom stereocenters. The number of nitrogens with zero attached hydrogens (tertiary/aromatic N) is 1. The first kappa shape index (κ1) is 11.7. The Morgan fingerprint density at radius 3 is 2.93 bits per heavy atom. The van der Waals surface area contributed by atoms with Crippen LogP contribution in [0.25, 0.3) is 0 Å². The molecule has 1 aromatic rings. The van der Waals surface area contributed by atoms with Crippen molar-refractivity contribution in [1.82, 2.24) is 4.98 Å². The molecule has 0 spiro atoms. The van der Waals surface area contributed by atoms with Gasteiger partial charge in [-0.2, -0.15) is 0 Å². The molecule has 2 N–H and O–H groups in total. The second-order valence-electron chi connectivity index (χ2n) is 3.85. The molecule has 0 aromatic carbocycles. The van der Waals surface area contributed by atoms with E-state index in [-0.39, 0.29) is 12.5 Å². The number of aromatic nitrogens is 1. The van der Waals surface area contributed by atoms with Crippen molar-refractivity contribution >= 4 is 11.7 Å². The van der Waals surface area contributed by atoms with Gasteiger partial charge < -0.3 is 10.4 Å². The van der Waals surface area contributed by atoms with Crippen molar-refractivity contribution in [2.24, 2.45) is 5.92 Å². The molecule has 82 valence electrons. The van der Waals surface area contributed by atoms with Crippen LogP contribution in [-0.4, -0.2) is 16.0 Å². The fourth-order valence-electron chi connectivity index (χ4n) is 1.21. The zero-order chi connectivity index (χ0) is 11.3. The van der Waals surface area contributed by atoms with Crippen molar-refractivity contribution < 1.29 is 9.90 Å². The van der Waals surface area contributed by atoms with Gasteiger partial charge in [0, 0.05) is 12.6 Å². The third-order valence-electron chi connectivity index (χ3n) is 1.87. The molecule has 0 aliphatic heterocycles. The van der Waals surface area contributed by atoms with E-state index in [1.54, 1.807) is 18.3 Å². The maximum atomic E-state index is 11.4. The van der Waals surface area contributed by atoms with Crippen LogP contribution in [0, 0.1) is 5.92 Å². The topological polar surface area (TPSA) is 62.2 Å². The van der Waals surface area contributed by atoms with Crippen LogP contribution in [0.2, 0.25) is 0 Å². The van der Waals surface area contributed by atoms with E-state index in [2.05, 4.69) is 10.3 Å². The van der Waals surface area contributed by atoms with Crippen LogP contribution in [0.1, 0.15) is 25.8 Å². The minimum atomic E-state index is -0.0485. The van der Waals surface area contributed by atoms with Crippen molar-refractivity contribution in [3.05, 3.63) is 23.9 Å². The summed E-state index contributed by atoms with van der Waals surface area (Å²) in [5.74, 6) is 0.769. The summed E-state index contributed by atoms with van der Waals surface area (Å²) >= 11 is 0. The highest BCUT2D eigenvalue weighted by Gasteiger charge is 2.05. The van der Waals surface area contributed by atoms with Crippen molar-refractivity contribution in [3.8, 4) is 0 Å². The lowest BCUT2D eigenvalue weighted by molar-refractivity contribution is -0.116. The van der Waals surface area contributed by atoms with Crippen LogP contribution in [-0.2, 0) is 11.4 Å². The number of amides is 1. The Bertz CT molecular complexity index is 337. The summed E-state index contributed by atoms with van der Waals surface area (Å²) in [4.78, 5) is 15.4. The predicted molar refractivity (Wildman–Crippen MR) is 58.2 cm³/mol. The molecule has 0 saturated heterocycles. The third-order valence-corrected chi connectivity index (χ3v) is 1.87. The van der Waals surface area contributed by atoms with E-state index in [1.807, 2.05) is 13.8 Å². The third kappa shape index (κ3) is 4.08. The van der Waals surface area contributed by atoms with Crippen LogP contribution in [0.5, 0.6) is 0 Å². The smallest absolute Gasteiger partial charge is 0.225 e. The molecule has 0 aliphatic rings. The van der Waals surface area contributed by atoms with Crippen molar-refractivity contribution in [2.45, 2.75) is 26.9 Å². The molecule has 0 radical (unpaired) electrons. The normalized spacial score (nSPS) is 10.4. The van der Waals surface area contributed by atoms with Crippen molar-refractivity contribution in [2.75, 3.05) is 5.32 Å². The van der Waals surface area contributed by atoms with Gasteiger partial charge in [-0.05, 0) is 23.6 Å². The van der Waals surface area contributed by atoms with Gasteiger partial charge >= 0.3 is 0 Å². The standard InChI is InChI=1S/C11H16N2O2/c1-8(2)5-11(15)13-10-6-9(7-14)3-4-12-10/h3-4,6,8,14H,5,7H2,1-2H3,(H,12,13,15). The maximum absolute atomic E-state index is 11.4. The lowest BCUT2D eigenvalue weighted by Gasteiger charge is -2.06. The van der Waals surface area contributed by atoms with Crippen LogP contribution in [0.15, 0.2) is 18.3 Å². The number of pyridine rings is 1. The Morgan fingerprint density at radius 1 is 1.60 bits per heavy atom. The van der Waals surface area contributed by atoms with Crippen LogP contribution < -0.4 is 5.32 Å². The molecule has 0 bridgehead atoms. The average molecular weight is 208 g/mol. The van der Waals surface area contributed by atoms with Crippen molar-refractivity contribution in [1.29, 1.82) is 0 Å². The summed E-state index contributed by atoms with van der Waals surface area (Å²) in [5.41, 5.74) is 0.741. The van der Waals surface area contributed by atoms with Crippen LogP contribution in [0.3, 0.4) is 0 Å². The van der Waals surface area contributed by atoms with Gasteiger partial charge in [0.1, 0.15) is 5.82 Å². The predicted octanol–water partition coefficient (Wildman–Crippen LogP) is 1.56. The van der Waals surface area contributed by atoms with Gasteiger partial charge in [0.15, 0.2) is 0 Å². The number of hydrogen-bond donors (Lipinski definition) is 2. The Kier molecular flexibility index (Phi) is 4.24. The number of aliphatic hydroxyl groups is 1. The molecule has 0 fully saturated rings. The van der Waals surface area contributed by atoms with E-state index < -0.39 is 0 Å². The number of anilines is 1. The Morgan fingerprint density at radius 2 is 2.33 bits per heavy atom. The number of nitrogens with one attached hydrogen (secondary N) is 1.